The first-order valence-electron chi connectivity index (χ1n) is 8.04. The fourth-order valence-corrected chi connectivity index (χ4v) is 2.66. The smallest absolute Gasteiger partial charge is 0.258 e. The lowest BCUT2D eigenvalue weighted by Crippen LogP contribution is -2.49. The first-order valence-corrected chi connectivity index (χ1v) is 8.04. The lowest BCUT2D eigenvalue weighted by molar-refractivity contribution is -0.137. The van der Waals surface area contributed by atoms with E-state index in [0.29, 0.717) is 5.75 Å². The predicted octanol–water partition coefficient (Wildman–Crippen LogP) is 2.23. The summed E-state index contributed by atoms with van der Waals surface area (Å²) in [5.74, 6) is 0.277. The van der Waals surface area contributed by atoms with Gasteiger partial charge in [0.15, 0.2) is 6.61 Å². The van der Waals surface area contributed by atoms with Gasteiger partial charge in [0.2, 0.25) is 5.91 Å². The number of amides is 2. The summed E-state index contributed by atoms with van der Waals surface area (Å²) in [7, 11) is 0. The van der Waals surface area contributed by atoms with Gasteiger partial charge in [0.25, 0.3) is 5.91 Å². The summed E-state index contributed by atoms with van der Waals surface area (Å²) in [6.45, 7) is 6.86. The fourth-order valence-electron chi connectivity index (χ4n) is 2.66. The molecule has 0 bridgehead atoms. The number of carbonyl (C=O) groups excluding carboxylic acids is 2. The molecule has 2 rings (SSSR count). The number of carbonyl (C=O) groups is 2. The molecule has 5 heteroatoms. The average Bonchev–Trinajstić information content (AvgIpc) is 2.60. The van der Waals surface area contributed by atoms with Crippen LogP contribution in [0.25, 0.3) is 6.08 Å². The SMILES string of the molecule is C=Cc1ccccc1OCC(=O)N[C@@H](C)C(=O)N1CCCCC1. The molecular weight excluding hydrogens is 292 g/mol. The molecule has 0 radical (unpaired) electrons. The molecule has 1 fully saturated rings. The zero-order chi connectivity index (χ0) is 16.7. The number of nitrogens with one attached hydrogen (secondary N) is 1. The minimum Gasteiger partial charge on any atom is -0.483 e. The van der Waals surface area contributed by atoms with E-state index in [1.165, 1.54) is 6.42 Å². The lowest BCUT2D eigenvalue weighted by Gasteiger charge is -2.29. The minimum atomic E-state index is -0.529. The number of piperidine rings is 1. The number of nitrogens with zero attached hydrogens (tertiary/aromatic N) is 1. The van der Waals surface area contributed by atoms with Gasteiger partial charge in [-0.15, -0.1) is 0 Å². The second-order valence-corrected chi connectivity index (χ2v) is 5.71. The Kier molecular flexibility index (Phi) is 6.20. The van der Waals surface area contributed by atoms with Crippen molar-refractivity contribution in [3.05, 3.63) is 36.4 Å². The third-order valence-electron chi connectivity index (χ3n) is 3.91. The lowest BCUT2D eigenvalue weighted by atomic mass is 10.1. The Morgan fingerprint density at radius 3 is 2.70 bits per heavy atom. The summed E-state index contributed by atoms with van der Waals surface area (Å²) in [5.41, 5.74) is 0.831. The van der Waals surface area contributed by atoms with Crippen LogP contribution in [0.5, 0.6) is 5.75 Å². The van der Waals surface area contributed by atoms with E-state index in [9.17, 15) is 9.59 Å². The Hall–Kier alpha value is -2.30. The molecule has 5 nitrogen and oxygen atoms in total. The third-order valence-corrected chi connectivity index (χ3v) is 3.91. The zero-order valence-corrected chi connectivity index (χ0v) is 13.6. The van der Waals surface area contributed by atoms with E-state index in [1.807, 2.05) is 23.1 Å². The minimum absolute atomic E-state index is 0.0236. The van der Waals surface area contributed by atoms with E-state index in [4.69, 9.17) is 4.74 Å². The van der Waals surface area contributed by atoms with E-state index in [-0.39, 0.29) is 18.4 Å². The van der Waals surface area contributed by atoms with Gasteiger partial charge in [-0.05, 0) is 32.3 Å². The maximum atomic E-state index is 12.3. The van der Waals surface area contributed by atoms with E-state index in [2.05, 4.69) is 11.9 Å². The molecule has 23 heavy (non-hydrogen) atoms. The van der Waals surface area contributed by atoms with Crippen LogP contribution < -0.4 is 10.1 Å². The van der Waals surface area contributed by atoms with Crippen molar-refractivity contribution in [3.63, 3.8) is 0 Å². The van der Waals surface area contributed by atoms with Crippen LogP contribution in [0.4, 0.5) is 0 Å². The van der Waals surface area contributed by atoms with Gasteiger partial charge >= 0.3 is 0 Å². The van der Waals surface area contributed by atoms with Gasteiger partial charge in [0, 0.05) is 18.7 Å². The van der Waals surface area contributed by atoms with E-state index in [1.54, 1.807) is 19.1 Å². The first kappa shape index (κ1) is 17.1. The van der Waals surface area contributed by atoms with Gasteiger partial charge in [-0.2, -0.15) is 0 Å². The summed E-state index contributed by atoms with van der Waals surface area (Å²) < 4.78 is 5.51. The monoisotopic (exact) mass is 316 g/mol. The van der Waals surface area contributed by atoms with Crippen LogP contribution in [-0.2, 0) is 9.59 Å². The van der Waals surface area contributed by atoms with Gasteiger partial charge < -0.3 is 15.0 Å². The van der Waals surface area contributed by atoms with Gasteiger partial charge in [0.1, 0.15) is 11.8 Å². The van der Waals surface area contributed by atoms with E-state index >= 15 is 0 Å². The molecule has 0 spiro atoms. The van der Waals surface area contributed by atoms with Crippen molar-refractivity contribution in [2.45, 2.75) is 32.2 Å². The third kappa shape index (κ3) is 4.84. The molecule has 1 atom stereocenters. The Morgan fingerprint density at radius 1 is 1.30 bits per heavy atom. The molecule has 0 aromatic heterocycles. The van der Waals surface area contributed by atoms with Crippen molar-refractivity contribution in [1.82, 2.24) is 10.2 Å². The van der Waals surface area contributed by atoms with E-state index in [0.717, 1.165) is 31.5 Å². The molecule has 2 amide bonds. The normalized spacial score (nSPS) is 15.6. The molecule has 0 unspecified atom stereocenters. The summed E-state index contributed by atoms with van der Waals surface area (Å²) in [4.78, 5) is 26.1. The van der Waals surface area contributed by atoms with Gasteiger partial charge in [-0.1, -0.05) is 30.9 Å². The molecule has 1 aliphatic heterocycles. The molecule has 1 aliphatic rings. The van der Waals surface area contributed by atoms with Crippen molar-refractivity contribution >= 4 is 17.9 Å². The molecular formula is C18H24N2O3. The zero-order valence-electron chi connectivity index (χ0n) is 13.6. The molecule has 1 aromatic carbocycles. The Morgan fingerprint density at radius 2 is 2.00 bits per heavy atom. The van der Waals surface area contributed by atoms with Crippen LogP contribution in [0, 0.1) is 0 Å². The Bertz CT molecular complexity index is 565. The molecule has 0 saturated carbocycles. The van der Waals surface area contributed by atoms with Gasteiger partial charge in [-0.25, -0.2) is 0 Å². The maximum absolute atomic E-state index is 12.3. The number of benzene rings is 1. The predicted molar refractivity (Wildman–Crippen MR) is 90.1 cm³/mol. The Labute approximate surface area is 137 Å². The number of likely N-dealkylation sites (tertiary alicyclic amines) is 1. The van der Waals surface area contributed by atoms with Crippen LogP contribution in [0.2, 0.25) is 0 Å². The summed E-state index contributed by atoms with van der Waals surface area (Å²) in [6.07, 6.45) is 4.92. The second kappa shape index (κ2) is 8.36. The Balaban J connectivity index is 1.81. The molecule has 1 aromatic rings. The van der Waals surface area contributed by atoms with E-state index < -0.39 is 6.04 Å². The average molecular weight is 316 g/mol. The molecule has 1 heterocycles. The number of hydrogen-bond donors (Lipinski definition) is 1. The van der Waals surface area contributed by atoms with Crippen molar-refractivity contribution in [2.24, 2.45) is 0 Å². The highest BCUT2D eigenvalue weighted by Crippen LogP contribution is 2.18. The number of rotatable bonds is 6. The first-order chi connectivity index (χ1) is 11.1. The highest BCUT2D eigenvalue weighted by atomic mass is 16.5. The van der Waals surface area contributed by atoms with Crippen LogP contribution in [0.15, 0.2) is 30.8 Å². The van der Waals surface area contributed by atoms with Gasteiger partial charge in [0.05, 0.1) is 0 Å². The number of para-hydroxylation sites is 1. The summed E-state index contributed by atoms with van der Waals surface area (Å²) >= 11 is 0. The van der Waals surface area contributed by atoms with Crippen LogP contribution >= 0.6 is 0 Å². The second-order valence-electron chi connectivity index (χ2n) is 5.71. The summed E-state index contributed by atoms with van der Waals surface area (Å²) in [5, 5.41) is 2.70. The maximum Gasteiger partial charge on any atom is 0.258 e. The van der Waals surface area contributed by atoms with Crippen molar-refractivity contribution in [1.29, 1.82) is 0 Å². The highest BCUT2D eigenvalue weighted by molar-refractivity contribution is 5.87. The molecule has 0 aliphatic carbocycles. The topological polar surface area (TPSA) is 58.6 Å². The highest BCUT2D eigenvalue weighted by Gasteiger charge is 2.23. The molecule has 1 N–H and O–H groups in total. The van der Waals surface area contributed by atoms with Crippen LogP contribution in [0.1, 0.15) is 31.7 Å². The molecule has 124 valence electrons. The van der Waals surface area contributed by atoms with Crippen molar-refractivity contribution in [3.8, 4) is 5.75 Å². The molecule has 1 saturated heterocycles. The van der Waals surface area contributed by atoms with Gasteiger partial charge in [-0.3, -0.25) is 9.59 Å². The summed E-state index contributed by atoms with van der Waals surface area (Å²) in [6, 6.07) is 6.83. The fraction of sp³-hybridized carbons (Fsp3) is 0.444. The quantitative estimate of drug-likeness (QED) is 0.875. The largest absolute Gasteiger partial charge is 0.483 e. The van der Waals surface area contributed by atoms with Crippen molar-refractivity contribution < 1.29 is 14.3 Å². The number of ether oxygens (including phenoxy) is 1. The van der Waals surface area contributed by atoms with Crippen LogP contribution in [0.3, 0.4) is 0 Å². The van der Waals surface area contributed by atoms with Crippen LogP contribution in [-0.4, -0.2) is 42.5 Å². The van der Waals surface area contributed by atoms with Crippen molar-refractivity contribution in [2.75, 3.05) is 19.7 Å². The standard InChI is InChI=1S/C18H24N2O3/c1-3-15-9-5-6-10-16(15)23-13-17(21)19-14(2)18(22)20-11-7-4-8-12-20/h3,5-6,9-10,14H,1,4,7-8,11-13H2,2H3,(H,19,21)/t14-/m0/s1. The number of hydrogen-bond acceptors (Lipinski definition) is 3.